The molecule has 136 valence electrons. The number of hydrogen-bond donors (Lipinski definition) is 2. The van der Waals surface area contributed by atoms with Crippen LogP contribution in [0.25, 0.3) is 0 Å². The fourth-order valence-corrected chi connectivity index (χ4v) is 2.26. The highest BCUT2D eigenvalue weighted by molar-refractivity contribution is 5.73. The molecule has 0 unspecified atom stereocenters. The van der Waals surface area contributed by atoms with Crippen molar-refractivity contribution in [2.45, 2.75) is 46.5 Å². The van der Waals surface area contributed by atoms with Crippen molar-refractivity contribution in [1.29, 1.82) is 0 Å². The maximum atomic E-state index is 11.6. The summed E-state index contributed by atoms with van der Waals surface area (Å²) >= 11 is 0. The number of ether oxygens (including phenoxy) is 2. The zero-order chi connectivity index (χ0) is 17.6. The molecule has 0 spiro atoms. The third kappa shape index (κ3) is 8.77. The minimum absolute atomic E-state index is 0.129. The average molecular weight is 336 g/mol. The van der Waals surface area contributed by atoms with Crippen LogP contribution < -0.4 is 15.4 Å². The van der Waals surface area contributed by atoms with Crippen molar-refractivity contribution in [1.82, 2.24) is 10.6 Å². The first-order valence-electron chi connectivity index (χ1n) is 8.93. The van der Waals surface area contributed by atoms with Gasteiger partial charge in [-0.25, -0.2) is 4.79 Å². The highest BCUT2D eigenvalue weighted by Gasteiger charge is 2.03. The molecule has 1 aromatic rings. The molecule has 0 bridgehead atoms. The van der Waals surface area contributed by atoms with Gasteiger partial charge >= 0.3 is 6.03 Å². The second kappa shape index (κ2) is 12.6. The minimum atomic E-state index is -0.129. The van der Waals surface area contributed by atoms with Crippen LogP contribution >= 0.6 is 0 Å². The van der Waals surface area contributed by atoms with Crippen LogP contribution in [0, 0.1) is 13.8 Å². The number of carbonyl (C=O) groups is 1. The Morgan fingerprint density at radius 3 is 2.17 bits per heavy atom. The predicted octanol–water partition coefficient (Wildman–Crippen LogP) is 3.58. The zero-order valence-electron chi connectivity index (χ0n) is 15.3. The number of carbonyl (C=O) groups excluding carboxylic acids is 1. The van der Waals surface area contributed by atoms with Gasteiger partial charge in [0.15, 0.2) is 0 Å². The second-order valence-corrected chi connectivity index (χ2v) is 5.93. The molecule has 5 nitrogen and oxygen atoms in total. The molecular weight excluding hydrogens is 304 g/mol. The smallest absolute Gasteiger partial charge is 0.314 e. The molecule has 0 saturated carbocycles. The lowest BCUT2D eigenvalue weighted by Gasteiger charge is -2.12. The Balaban J connectivity index is 2.00. The number of amides is 2. The van der Waals surface area contributed by atoms with E-state index >= 15 is 0 Å². The Labute approximate surface area is 146 Å². The molecule has 5 heteroatoms. The Kier molecular flexibility index (Phi) is 10.7. The number of benzene rings is 1. The maximum Gasteiger partial charge on any atom is 0.314 e. The van der Waals surface area contributed by atoms with Crippen molar-refractivity contribution < 1.29 is 14.3 Å². The van der Waals surface area contributed by atoms with E-state index in [9.17, 15) is 4.79 Å². The van der Waals surface area contributed by atoms with E-state index in [2.05, 4.69) is 17.6 Å². The summed E-state index contributed by atoms with van der Waals surface area (Å²) in [5.74, 6) is 0.949. The van der Waals surface area contributed by atoms with Crippen molar-refractivity contribution in [3.63, 3.8) is 0 Å². The molecular formula is C19H32N2O3. The zero-order valence-corrected chi connectivity index (χ0v) is 15.3. The molecule has 0 saturated heterocycles. The highest BCUT2D eigenvalue weighted by Crippen LogP contribution is 2.22. The summed E-state index contributed by atoms with van der Waals surface area (Å²) in [6.07, 6.45) is 3.86. The maximum absolute atomic E-state index is 11.6. The van der Waals surface area contributed by atoms with E-state index in [0.717, 1.165) is 49.2 Å². The number of unbranched alkanes of at least 4 members (excludes halogenated alkanes) is 1. The summed E-state index contributed by atoms with van der Waals surface area (Å²) in [5, 5.41) is 5.67. The van der Waals surface area contributed by atoms with Crippen molar-refractivity contribution in [3.8, 4) is 5.75 Å². The second-order valence-electron chi connectivity index (χ2n) is 5.93. The number of rotatable bonds is 12. The molecule has 24 heavy (non-hydrogen) atoms. The van der Waals surface area contributed by atoms with Gasteiger partial charge in [0.25, 0.3) is 0 Å². The average Bonchev–Trinajstić information content (AvgIpc) is 2.56. The van der Waals surface area contributed by atoms with Crippen molar-refractivity contribution >= 4 is 6.03 Å². The van der Waals surface area contributed by atoms with Gasteiger partial charge in [0.2, 0.25) is 0 Å². The Hall–Kier alpha value is -1.75. The van der Waals surface area contributed by atoms with Crippen molar-refractivity contribution in [2.24, 2.45) is 0 Å². The quantitative estimate of drug-likeness (QED) is 0.574. The summed E-state index contributed by atoms with van der Waals surface area (Å²) in [6.45, 7) is 9.56. The fourth-order valence-electron chi connectivity index (χ4n) is 2.26. The summed E-state index contributed by atoms with van der Waals surface area (Å²) < 4.78 is 11.2. The predicted molar refractivity (Wildman–Crippen MR) is 97.8 cm³/mol. The van der Waals surface area contributed by atoms with Crippen LogP contribution in [-0.2, 0) is 4.74 Å². The Bertz CT molecular complexity index is 457. The van der Waals surface area contributed by atoms with E-state index in [1.165, 1.54) is 0 Å². The molecule has 0 aliphatic heterocycles. The van der Waals surface area contributed by atoms with Crippen molar-refractivity contribution in [3.05, 3.63) is 29.3 Å². The van der Waals surface area contributed by atoms with Crippen LogP contribution in [0.4, 0.5) is 4.79 Å². The van der Waals surface area contributed by atoms with Gasteiger partial charge < -0.3 is 20.1 Å². The van der Waals surface area contributed by atoms with E-state index in [0.29, 0.717) is 26.3 Å². The molecule has 0 aromatic heterocycles. The van der Waals surface area contributed by atoms with Gasteiger partial charge in [-0.3, -0.25) is 0 Å². The number of urea groups is 1. The van der Waals surface area contributed by atoms with Crippen LogP contribution in [-0.4, -0.2) is 38.9 Å². The molecule has 0 fully saturated rings. The van der Waals surface area contributed by atoms with E-state index in [1.54, 1.807) is 0 Å². The normalized spacial score (nSPS) is 10.5. The molecule has 2 amide bonds. The summed E-state index contributed by atoms with van der Waals surface area (Å²) in [5.41, 5.74) is 2.28. The van der Waals surface area contributed by atoms with Gasteiger partial charge in [-0.05, 0) is 44.2 Å². The van der Waals surface area contributed by atoms with E-state index in [-0.39, 0.29) is 6.03 Å². The third-order valence-electron chi connectivity index (χ3n) is 3.66. The van der Waals surface area contributed by atoms with Crippen molar-refractivity contribution in [2.75, 3.05) is 32.9 Å². The van der Waals surface area contributed by atoms with Crippen LogP contribution in [0.2, 0.25) is 0 Å². The topological polar surface area (TPSA) is 59.6 Å². The van der Waals surface area contributed by atoms with Gasteiger partial charge in [-0.1, -0.05) is 31.5 Å². The Morgan fingerprint density at radius 2 is 1.54 bits per heavy atom. The first-order chi connectivity index (χ1) is 11.6. The lowest BCUT2D eigenvalue weighted by Crippen LogP contribution is -2.37. The van der Waals surface area contributed by atoms with Gasteiger partial charge in [0, 0.05) is 26.3 Å². The molecule has 2 N–H and O–H groups in total. The van der Waals surface area contributed by atoms with Gasteiger partial charge in [-0.15, -0.1) is 0 Å². The summed E-state index contributed by atoms with van der Waals surface area (Å²) in [6, 6.07) is 5.98. The molecule has 0 aliphatic rings. The lowest BCUT2D eigenvalue weighted by atomic mass is 10.1. The third-order valence-corrected chi connectivity index (χ3v) is 3.66. The minimum Gasteiger partial charge on any atom is -0.493 e. The fraction of sp³-hybridized carbons (Fsp3) is 0.632. The van der Waals surface area contributed by atoms with E-state index < -0.39 is 0 Å². The first kappa shape index (κ1) is 20.3. The van der Waals surface area contributed by atoms with Crippen LogP contribution in [0.15, 0.2) is 18.2 Å². The monoisotopic (exact) mass is 336 g/mol. The van der Waals surface area contributed by atoms with Crippen LogP contribution in [0.1, 0.15) is 43.7 Å². The molecule has 0 aliphatic carbocycles. The number of para-hydroxylation sites is 1. The summed E-state index contributed by atoms with van der Waals surface area (Å²) in [4.78, 5) is 11.6. The number of nitrogens with one attached hydrogen (secondary N) is 2. The molecule has 1 aromatic carbocycles. The largest absolute Gasteiger partial charge is 0.493 e. The van der Waals surface area contributed by atoms with Crippen LogP contribution in [0.3, 0.4) is 0 Å². The molecule has 0 radical (unpaired) electrons. The van der Waals surface area contributed by atoms with Gasteiger partial charge in [0.05, 0.1) is 6.61 Å². The van der Waals surface area contributed by atoms with E-state index in [4.69, 9.17) is 9.47 Å². The number of hydrogen-bond acceptors (Lipinski definition) is 3. The van der Waals surface area contributed by atoms with Gasteiger partial charge in [-0.2, -0.15) is 0 Å². The van der Waals surface area contributed by atoms with Gasteiger partial charge in [0.1, 0.15) is 5.75 Å². The molecule has 0 heterocycles. The first-order valence-corrected chi connectivity index (χ1v) is 8.93. The molecule has 1 rings (SSSR count). The van der Waals surface area contributed by atoms with Crippen LogP contribution in [0.5, 0.6) is 5.75 Å². The summed E-state index contributed by atoms with van der Waals surface area (Å²) in [7, 11) is 0. The highest BCUT2D eigenvalue weighted by atomic mass is 16.5. The Morgan fingerprint density at radius 1 is 0.958 bits per heavy atom. The SMILES string of the molecule is CCCCOCCCNC(=O)NCCCOc1c(C)cccc1C. The molecule has 0 atom stereocenters. The lowest BCUT2D eigenvalue weighted by molar-refractivity contribution is 0.129. The number of aryl methyl sites for hydroxylation is 2. The van der Waals surface area contributed by atoms with E-state index in [1.807, 2.05) is 32.0 Å². The standard InChI is InChI=1S/C19H32N2O3/c1-4-5-13-23-14-7-11-20-19(22)21-12-8-15-24-18-16(2)9-6-10-17(18)3/h6,9-10H,4-5,7-8,11-15H2,1-3H3,(H2,20,21,22).